The molecule has 1 aliphatic rings. The minimum atomic E-state index is -0.540. The lowest BCUT2D eigenvalue weighted by Gasteiger charge is -2.39. The fourth-order valence-electron chi connectivity index (χ4n) is 2.40. The van der Waals surface area contributed by atoms with Gasteiger partial charge in [-0.2, -0.15) is 0 Å². The highest BCUT2D eigenvalue weighted by molar-refractivity contribution is 6.05. The van der Waals surface area contributed by atoms with Crippen molar-refractivity contribution in [3.63, 3.8) is 0 Å². The lowest BCUT2D eigenvalue weighted by atomic mass is 9.77. The summed E-state index contributed by atoms with van der Waals surface area (Å²) in [5, 5.41) is 14.2. The Morgan fingerprint density at radius 2 is 2.29 bits per heavy atom. The van der Waals surface area contributed by atoms with Crippen molar-refractivity contribution in [2.45, 2.75) is 31.3 Å². The van der Waals surface area contributed by atoms with E-state index in [0.29, 0.717) is 5.69 Å². The highest BCUT2D eigenvalue weighted by Crippen LogP contribution is 2.38. The SMILES string of the molecule is COC1(CC(=O)Nc2ccc(F)cc2/C(N)=N/O)CCC1. The number of carbonyl (C=O) groups excluding carboxylic acids is 1. The van der Waals surface area contributed by atoms with Gasteiger partial charge in [0.05, 0.1) is 17.7 Å². The molecule has 0 bridgehead atoms. The van der Waals surface area contributed by atoms with Crippen LogP contribution in [0.2, 0.25) is 0 Å². The number of oxime groups is 1. The van der Waals surface area contributed by atoms with Crippen LogP contribution in [0.15, 0.2) is 23.4 Å². The summed E-state index contributed by atoms with van der Waals surface area (Å²) in [6.07, 6.45) is 2.93. The maximum Gasteiger partial charge on any atom is 0.227 e. The number of ether oxygens (including phenoxy) is 1. The number of amidine groups is 1. The number of nitrogens with two attached hydrogens (primary N) is 1. The number of nitrogens with one attached hydrogen (secondary N) is 1. The van der Waals surface area contributed by atoms with E-state index in [9.17, 15) is 9.18 Å². The third-order valence-electron chi connectivity index (χ3n) is 3.82. The average Bonchev–Trinajstić information content (AvgIpc) is 2.44. The quantitative estimate of drug-likeness (QED) is 0.334. The molecule has 7 heteroatoms. The summed E-state index contributed by atoms with van der Waals surface area (Å²) in [4.78, 5) is 12.1. The number of rotatable bonds is 5. The normalized spacial score (nSPS) is 17.1. The molecule has 6 nitrogen and oxygen atoms in total. The molecule has 1 fully saturated rings. The van der Waals surface area contributed by atoms with Crippen molar-refractivity contribution in [2.75, 3.05) is 12.4 Å². The summed E-state index contributed by atoms with van der Waals surface area (Å²) >= 11 is 0. The second-order valence-electron chi connectivity index (χ2n) is 5.14. The van der Waals surface area contributed by atoms with Gasteiger partial charge in [0.2, 0.25) is 5.91 Å². The van der Waals surface area contributed by atoms with Crippen molar-refractivity contribution < 1.29 is 19.1 Å². The number of anilines is 1. The first-order valence-electron chi connectivity index (χ1n) is 6.62. The van der Waals surface area contributed by atoms with E-state index in [2.05, 4.69) is 10.5 Å². The van der Waals surface area contributed by atoms with E-state index in [1.807, 2.05) is 0 Å². The van der Waals surface area contributed by atoms with Crippen LogP contribution in [0.5, 0.6) is 0 Å². The Hall–Kier alpha value is -2.15. The van der Waals surface area contributed by atoms with E-state index in [1.165, 1.54) is 12.1 Å². The van der Waals surface area contributed by atoms with Crippen molar-refractivity contribution in [3.05, 3.63) is 29.6 Å². The van der Waals surface area contributed by atoms with Crippen LogP contribution in [0.1, 0.15) is 31.2 Å². The zero-order chi connectivity index (χ0) is 15.5. The van der Waals surface area contributed by atoms with Gasteiger partial charge in [-0.05, 0) is 37.5 Å². The summed E-state index contributed by atoms with van der Waals surface area (Å²) in [6, 6.07) is 3.67. The fourth-order valence-corrected chi connectivity index (χ4v) is 2.40. The molecule has 1 amide bonds. The second kappa shape index (κ2) is 6.09. The minimum Gasteiger partial charge on any atom is -0.409 e. The maximum atomic E-state index is 13.2. The van der Waals surface area contributed by atoms with Crippen molar-refractivity contribution in [3.8, 4) is 0 Å². The van der Waals surface area contributed by atoms with Gasteiger partial charge < -0.3 is 21.0 Å². The minimum absolute atomic E-state index is 0.130. The van der Waals surface area contributed by atoms with Gasteiger partial charge in [-0.1, -0.05) is 5.16 Å². The van der Waals surface area contributed by atoms with E-state index < -0.39 is 11.4 Å². The van der Waals surface area contributed by atoms with Crippen molar-refractivity contribution in [2.24, 2.45) is 10.9 Å². The first-order valence-corrected chi connectivity index (χ1v) is 6.62. The van der Waals surface area contributed by atoms with Crippen LogP contribution in [-0.4, -0.2) is 29.7 Å². The van der Waals surface area contributed by atoms with E-state index in [1.54, 1.807) is 7.11 Å². The van der Waals surface area contributed by atoms with E-state index in [4.69, 9.17) is 15.7 Å². The van der Waals surface area contributed by atoms with Crippen LogP contribution < -0.4 is 11.1 Å². The average molecular weight is 295 g/mol. The van der Waals surface area contributed by atoms with Gasteiger partial charge in [0.15, 0.2) is 5.84 Å². The van der Waals surface area contributed by atoms with Crippen LogP contribution in [0.4, 0.5) is 10.1 Å². The lowest BCUT2D eigenvalue weighted by Crippen LogP contribution is -2.42. The van der Waals surface area contributed by atoms with E-state index in [-0.39, 0.29) is 23.7 Å². The monoisotopic (exact) mass is 295 g/mol. The summed E-state index contributed by atoms with van der Waals surface area (Å²) in [5.74, 6) is -1.06. The number of benzene rings is 1. The number of carbonyl (C=O) groups is 1. The summed E-state index contributed by atoms with van der Waals surface area (Å²) in [5.41, 5.74) is 5.51. The Bertz CT molecular complexity index is 565. The smallest absolute Gasteiger partial charge is 0.227 e. The van der Waals surface area contributed by atoms with Crippen LogP contribution in [-0.2, 0) is 9.53 Å². The van der Waals surface area contributed by atoms with Gasteiger partial charge in [0, 0.05) is 12.7 Å². The number of methoxy groups -OCH3 is 1. The number of hydrogen-bond acceptors (Lipinski definition) is 4. The largest absolute Gasteiger partial charge is 0.409 e. The van der Waals surface area contributed by atoms with Gasteiger partial charge in [-0.25, -0.2) is 4.39 Å². The molecule has 21 heavy (non-hydrogen) atoms. The molecular weight excluding hydrogens is 277 g/mol. The van der Waals surface area contributed by atoms with Crippen molar-refractivity contribution in [1.29, 1.82) is 0 Å². The molecule has 1 aromatic carbocycles. The molecule has 0 atom stereocenters. The Morgan fingerprint density at radius 3 is 2.81 bits per heavy atom. The Balaban J connectivity index is 2.14. The predicted molar refractivity (Wildman–Crippen MR) is 75.7 cm³/mol. The highest BCUT2D eigenvalue weighted by Gasteiger charge is 2.39. The van der Waals surface area contributed by atoms with Crippen molar-refractivity contribution >= 4 is 17.4 Å². The molecule has 4 N–H and O–H groups in total. The molecule has 0 aromatic heterocycles. The van der Waals surface area contributed by atoms with E-state index >= 15 is 0 Å². The third kappa shape index (κ3) is 3.30. The summed E-state index contributed by atoms with van der Waals surface area (Å²) in [7, 11) is 1.59. The molecule has 0 aliphatic heterocycles. The Labute approximate surface area is 121 Å². The molecule has 0 heterocycles. The van der Waals surface area contributed by atoms with Gasteiger partial charge in [0.1, 0.15) is 5.82 Å². The zero-order valence-corrected chi connectivity index (χ0v) is 11.7. The molecule has 0 radical (unpaired) electrons. The number of hydrogen-bond donors (Lipinski definition) is 3. The standard InChI is InChI=1S/C14H18FN3O3/c1-21-14(5-2-6-14)8-12(19)17-11-4-3-9(15)7-10(11)13(16)18-20/h3-4,7,20H,2,5-6,8H2,1H3,(H2,16,18)(H,17,19). The first-order chi connectivity index (χ1) is 9.99. The molecule has 0 unspecified atom stereocenters. The molecule has 0 saturated heterocycles. The van der Waals surface area contributed by atoms with Crippen LogP contribution >= 0.6 is 0 Å². The van der Waals surface area contributed by atoms with Gasteiger partial charge in [-0.3, -0.25) is 4.79 Å². The van der Waals surface area contributed by atoms with Gasteiger partial charge >= 0.3 is 0 Å². The first kappa shape index (κ1) is 15.2. The van der Waals surface area contributed by atoms with Crippen LogP contribution in [0.25, 0.3) is 0 Å². The van der Waals surface area contributed by atoms with Gasteiger partial charge in [0.25, 0.3) is 0 Å². The van der Waals surface area contributed by atoms with Crippen LogP contribution in [0, 0.1) is 5.82 Å². The fraction of sp³-hybridized carbons (Fsp3) is 0.429. The molecule has 1 saturated carbocycles. The van der Waals surface area contributed by atoms with Gasteiger partial charge in [-0.15, -0.1) is 0 Å². The predicted octanol–water partition coefficient (Wildman–Crippen LogP) is 1.82. The molecule has 114 valence electrons. The summed E-state index contributed by atoms with van der Waals surface area (Å²) in [6.45, 7) is 0. The molecule has 0 spiro atoms. The Morgan fingerprint density at radius 1 is 1.57 bits per heavy atom. The topological polar surface area (TPSA) is 96.9 Å². The van der Waals surface area contributed by atoms with E-state index in [0.717, 1.165) is 25.3 Å². The lowest BCUT2D eigenvalue weighted by molar-refractivity contribution is -0.129. The highest BCUT2D eigenvalue weighted by atomic mass is 19.1. The number of nitrogens with zero attached hydrogens (tertiary/aromatic N) is 1. The van der Waals surface area contributed by atoms with Crippen molar-refractivity contribution in [1.82, 2.24) is 0 Å². The second-order valence-corrected chi connectivity index (χ2v) is 5.14. The number of halogens is 1. The Kier molecular flexibility index (Phi) is 4.42. The molecule has 2 rings (SSSR count). The molecule has 1 aromatic rings. The summed E-state index contributed by atoms with van der Waals surface area (Å²) < 4.78 is 18.6. The zero-order valence-electron chi connectivity index (χ0n) is 11.7. The molecule has 1 aliphatic carbocycles. The van der Waals surface area contributed by atoms with Crippen LogP contribution in [0.3, 0.4) is 0 Å². The maximum absolute atomic E-state index is 13.2. The third-order valence-corrected chi connectivity index (χ3v) is 3.82. The molecular formula is C14H18FN3O3. The number of amides is 1.